The smallest absolute Gasteiger partial charge is 0.405 e. The quantitative estimate of drug-likeness (QED) is 0.298. The van der Waals surface area contributed by atoms with Gasteiger partial charge < -0.3 is 29.5 Å². The molecule has 3 atom stereocenters. The lowest BCUT2D eigenvalue weighted by Crippen LogP contribution is -2.62. The van der Waals surface area contributed by atoms with Gasteiger partial charge in [-0.3, -0.25) is 9.78 Å². The second-order valence-electron chi connectivity index (χ2n) is 12.1. The first-order chi connectivity index (χ1) is 18.7. The summed E-state index contributed by atoms with van der Waals surface area (Å²) in [4.78, 5) is 35.9. The van der Waals surface area contributed by atoms with Gasteiger partial charge in [-0.1, -0.05) is 34.3 Å². The normalized spacial score (nSPS) is 19.9. The lowest BCUT2D eigenvalue weighted by molar-refractivity contribution is 0.0722. The molecule has 2 amide bonds. The molecular formula is C29H39N5O5Si. The van der Waals surface area contributed by atoms with Crippen molar-refractivity contribution in [2.24, 2.45) is 5.92 Å². The summed E-state index contributed by atoms with van der Waals surface area (Å²) in [7, 11) is -2.16. The molecule has 1 aliphatic heterocycles. The van der Waals surface area contributed by atoms with Gasteiger partial charge in [-0.15, -0.1) is 0 Å². The van der Waals surface area contributed by atoms with E-state index in [1.807, 2.05) is 13.0 Å². The number of piperidine rings is 1. The molecule has 3 aromatic heterocycles. The number of carbonyl (C=O) groups excluding carboxylic acids is 1. The summed E-state index contributed by atoms with van der Waals surface area (Å²) in [6.07, 6.45) is 3.46. The maximum absolute atomic E-state index is 13.3. The number of hydrogen-bond acceptors (Lipinski definition) is 7. The molecule has 0 saturated carbocycles. The van der Waals surface area contributed by atoms with E-state index in [0.29, 0.717) is 29.9 Å². The highest BCUT2D eigenvalue weighted by molar-refractivity contribution is 6.74. The topological polar surface area (TPSA) is 130 Å². The van der Waals surface area contributed by atoms with Crippen molar-refractivity contribution in [1.29, 1.82) is 0 Å². The molecule has 10 nitrogen and oxygen atoms in total. The van der Waals surface area contributed by atoms with E-state index in [2.05, 4.69) is 72.9 Å². The fraction of sp³-hybridized carbons (Fsp3) is 0.448. The minimum Gasteiger partial charge on any atom is -0.465 e. The molecule has 0 aromatic carbocycles. The number of allylic oxidation sites excluding steroid dienone is 1. The van der Waals surface area contributed by atoms with E-state index in [1.54, 1.807) is 30.8 Å². The third kappa shape index (κ3) is 6.05. The number of carbonyl (C=O) groups is 2. The summed E-state index contributed by atoms with van der Waals surface area (Å²) in [5.74, 6) is -0.378. The first-order valence-corrected chi connectivity index (χ1v) is 16.3. The number of nitrogens with one attached hydrogen (secondary N) is 2. The second-order valence-corrected chi connectivity index (χ2v) is 16.9. The highest BCUT2D eigenvalue weighted by Crippen LogP contribution is 2.40. The summed E-state index contributed by atoms with van der Waals surface area (Å²) in [6, 6.07) is 4.68. The van der Waals surface area contributed by atoms with E-state index in [4.69, 9.17) is 8.84 Å². The van der Waals surface area contributed by atoms with Crippen molar-refractivity contribution in [3.8, 4) is 0 Å². The first kappa shape index (κ1) is 29.3. The fourth-order valence-corrected chi connectivity index (χ4v) is 6.18. The van der Waals surface area contributed by atoms with Crippen LogP contribution in [0.2, 0.25) is 18.1 Å². The average molecular weight is 566 g/mol. The zero-order valence-corrected chi connectivity index (χ0v) is 25.2. The number of carboxylic acid groups (broad SMARTS) is 1. The maximum atomic E-state index is 13.3. The average Bonchev–Trinajstić information content (AvgIpc) is 3.29. The molecule has 1 aliphatic rings. The van der Waals surface area contributed by atoms with Crippen LogP contribution in [0.4, 0.5) is 16.2 Å². The number of fused-ring (bicyclic) bond motifs is 1. The van der Waals surface area contributed by atoms with Crippen LogP contribution in [0, 0.1) is 5.92 Å². The highest BCUT2D eigenvalue weighted by atomic mass is 28.4. The Balaban J connectivity index is 1.59. The number of amides is 2. The van der Waals surface area contributed by atoms with Crippen molar-refractivity contribution in [3.63, 3.8) is 0 Å². The Kier molecular flexibility index (Phi) is 8.09. The van der Waals surface area contributed by atoms with Crippen LogP contribution in [-0.4, -0.2) is 60.6 Å². The number of hydrogen-bond donors (Lipinski definition) is 3. The predicted molar refractivity (Wildman–Crippen MR) is 159 cm³/mol. The van der Waals surface area contributed by atoms with Crippen LogP contribution in [0.3, 0.4) is 0 Å². The molecule has 40 heavy (non-hydrogen) atoms. The van der Waals surface area contributed by atoms with Crippen LogP contribution >= 0.6 is 0 Å². The number of pyridine rings is 2. The van der Waals surface area contributed by atoms with Crippen LogP contribution < -0.4 is 15.5 Å². The SMILES string of the molecule is C=C(C)c1coc2ccc(C(=O)Nc3cnccc3N3C[C@H](C)[C@H](O[Si](C)(C)C(C)(C)C)[C@H](NC(=O)O)C3)nc12. The van der Waals surface area contributed by atoms with Gasteiger partial charge in [0.15, 0.2) is 13.9 Å². The molecule has 11 heteroatoms. The predicted octanol–water partition coefficient (Wildman–Crippen LogP) is 5.99. The Bertz CT molecular complexity index is 1430. The number of nitrogens with zero attached hydrogens (tertiary/aromatic N) is 3. The molecular weight excluding hydrogens is 526 g/mol. The fourth-order valence-electron chi connectivity index (χ4n) is 4.75. The van der Waals surface area contributed by atoms with E-state index in [-0.39, 0.29) is 22.8 Å². The Hall–Kier alpha value is -3.70. The summed E-state index contributed by atoms with van der Waals surface area (Å²) in [6.45, 7) is 19.7. The van der Waals surface area contributed by atoms with Gasteiger partial charge >= 0.3 is 6.09 Å². The van der Waals surface area contributed by atoms with E-state index in [0.717, 1.165) is 16.8 Å². The van der Waals surface area contributed by atoms with Crippen molar-refractivity contribution in [2.75, 3.05) is 23.3 Å². The summed E-state index contributed by atoms with van der Waals surface area (Å²) >= 11 is 0. The van der Waals surface area contributed by atoms with Gasteiger partial charge in [-0.2, -0.15) is 0 Å². The molecule has 4 rings (SSSR count). The Morgan fingerprint density at radius 1 is 1.23 bits per heavy atom. The summed E-state index contributed by atoms with van der Waals surface area (Å²) in [5.41, 5.74) is 4.17. The zero-order valence-electron chi connectivity index (χ0n) is 24.2. The molecule has 1 saturated heterocycles. The van der Waals surface area contributed by atoms with Crippen molar-refractivity contribution in [1.82, 2.24) is 15.3 Å². The Morgan fingerprint density at radius 2 is 1.95 bits per heavy atom. The minimum atomic E-state index is -2.16. The molecule has 3 aromatic rings. The molecule has 4 heterocycles. The molecule has 3 N–H and O–H groups in total. The van der Waals surface area contributed by atoms with Gasteiger partial charge in [0, 0.05) is 30.8 Å². The third-order valence-corrected chi connectivity index (χ3v) is 12.4. The van der Waals surface area contributed by atoms with Gasteiger partial charge in [0.25, 0.3) is 5.91 Å². The highest BCUT2D eigenvalue weighted by Gasteiger charge is 2.45. The van der Waals surface area contributed by atoms with Gasteiger partial charge in [-0.25, -0.2) is 9.78 Å². The third-order valence-electron chi connectivity index (χ3n) is 7.93. The Morgan fingerprint density at radius 3 is 2.60 bits per heavy atom. The molecule has 1 fully saturated rings. The van der Waals surface area contributed by atoms with Crippen LogP contribution in [0.5, 0.6) is 0 Å². The summed E-state index contributed by atoms with van der Waals surface area (Å²) < 4.78 is 12.3. The maximum Gasteiger partial charge on any atom is 0.405 e. The van der Waals surface area contributed by atoms with Crippen LogP contribution in [0.1, 0.15) is 50.7 Å². The molecule has 0 spiro atoms. The van der Waals surface area contributed by atoms with Gasteiger partial charge in [0.1, 0.15) is 17.5 Å². The number of aromatic nitrogens is 2. The van der Waals surface area contributed by atoms with E-state index in [9.17, 15) is 14.7 Å². The van der Waals surface area contributed by atoms with Crippen molar-refractivity contribution in [3.05, 3.63) is 54.7 Å². The van der Waals surface area contributed by atoms with Crippen LogP contribution in [-0.2, 0) is 4.43 Å². The van der Waals surface area contributed by atoms with Gasteiger partial charge in [0.05, 0.1) is 29.7 Å². The number of anilines is 2. The van der Waals surface area contributed by atoms with E-state index in [1.165, 1.54) is 0 Å². The van der Waals surface area contributed by atoms with E-state index >= 15 is 0 Å². The minimum absolute atomic E-state index is 0.0151. The number of furan rings is 1. The van der Waals surface area contributed by atoms with Crippen LogP contribution in [0.15, 0.2) is 47.9 Å². The van der Waals surface area contributed by atoms with Gasteiger partial charge in [-0.05, 0) is 48.8 Å². The molecule has 0 unspecified atom stereocenters. The van der Waals surface area contributed by atoms with E-state index < -0.39 is 26.4 Å². The largest absolute Gasteiger partial charge is 0.465 e. The molecule has 0 radical (unpaired) electrons. The monoisotopic (exact) mass is 565 g/mol. The second kappa shape index (κ2) is 11.1. The summed E-state index contributed by atoms with van der Waals surface area (Å²) in [5, 5.41) is 15.3. The Labute approximate surface area is 236 Å². The molecule has 0 bridgehead atoms. The molecule has 0 aliphatic carbocycles. The van der Waals surface area contributed by atoms with Crippen molar-refractivity contribution >= 4 is 48.4 Å². The standard InChI is InChI=1S/C29H39N5O5Si/c1-17(2)19-16-38-24-10-9-20(31-25(19)24)27(35)32-21-13-30-12-11-23(21)34-14-18(3)26(22(15-34)33-28(36)37)39-40(7,8)29(4,5)6/h9-13,16,18,22,26,33H,1,14-15H2,2-8H3,(H,32,35)(H,36,37)/t18-,22+,26-/m0/s1. The zero-order chi connectivity index (χ0) is 29.4. The first-order valence-electron chi connectivity index (χ1n) is 13.4. The lowest BCUT2D eigenvalue weighted by Gasteiger charge is -2.48. The lowest BCUT2D eigenvalue weighted by atomic mass is 9.92. The molecule has 214 valence electrons. The van der Waals surface area contributed by atoms with Gasteiger partial charge in [0.2, 0.25) is 0 Å². The van der Waals surface area contributed by atoms with Crippen molar-refractivity contribution in [2.45, 2.75) is 64.9 Å². The number of rotatable bonds is 7. The van der Waals surface area contributed by atoms with Crippen LogP contribution in [0.25, 0.3) is 16.7 Å². The van der Waals surface area contributed by atoms with Crippen molar-refractivity contribution < 1.29 is 23.5 Å².